The summed E-state index contributed by atoms with van der Waals surface area (Å²) >= 11 is 0. The first-order valence-corrected chi connectivity index (χ1v) is 7.14. The summed E-state index contributed by atoms with van der Waals surface area (Å²) in [5.41, 5.74) is 2.08. The summed E-state index contributed by atoms with van der Waals surface area (Å²) in [5, 5.41) is 15.2. The zero-order chi connectivity index (χ0) is 16.2. The molecule has 116 valence electrons. The molecular formula is C16H15N5O2. The highest BCUT2D eigenvalue weighted by Crippen LogP contribution is 2.27. The average molecular weight is 309 g/mol. The summed E-state index contributed by atoms with van der Waals surface area (Å²) in [6, 6.07) is 9.94. The molecule has 2 amide bonds. The Bertz CT molecular complexity index is 866. The van der Waals surface area contributed by atoms with Crippen LogP contribution in [0.15, 0.2) is 42.6 Å². The number of benzene rings is 1. The second-order valence-corrected chi connectivity index (χ2v) is 4.80. The van der Waals surface area contributed by atoms with Crippen molar-refractivity contribution in [3.63, 3.8) is 0 Å². The fourth-order valence-electron chi connectivity index (χ4n) is 2.11. The molecule has 0 saturated carbocycles. The van der Waals surface area contributed by atoms with Crippen LogP contribution in [0.1, 0.15) is 6.92 Å². The molecule has 3 rings (SSSR count). The Kier molecular flexibility index (Phi) is 4.01. The monoisotopic (exact) mass is 309 g/mol. The summed E-state index contributed by atoms with van der Waals surface area (Å²) in [5.74, 6) is 0.505. The number of anilines is 1. The number of amides is 2. The fourth-order valence-corrected chi connectivity index (χ4v) is 2.11. The topological polar surface area (TPSA) is 100 Å². The van der Waals surface area contributed by atoms with E-state index in [1.807, 2.05) is 6.92 Å². The van der Waals surface area contributed by atoms with Crippen LogP contribution in [0.3, 0.4) is 0 Å². The number of nitrogens with zero attached hydrogens (tertiary/aromatic N) is 3. The van der Waals surface area contributed by atoms with Crippen molar-refractivity contribution < 1.29 is 9.90 Å². The number of hydrogen-bond donors (Lipinski definition) is 3. The van der Waals surface area contributed by atoms with Crippen LogP contribution in [-0.4, -0.2) is 32.6 Å². The second kappa shape index (κ2) is 6.27. The second-order valence-electron chi connectivity index (χ2n) is 4.80. The molecule has 0 atom stereocenters. The Hall–Kier alpha value is -3.22. The van der Waals surface area contributed by atoms with Crippen molar-refractivity contribution in [3.05, 3.63) is 42.6 Å². The standard InChI is InChI=1S/C16H15N5O2/c1-2-17-16(23)21-14-8-7-11-15(20-14)19-12(9-18-11)10-5-3-4-6-13(10)22/h3-9,22H,2H2,1H3,(H2,17,19,20,21,23). The van der Waals surface area contributed by atoms with E-state index in [4.69, 9.17) is 0 Å². The number of aromatic nitrogens is 3. The quantitative estimate of drug-likeness (QED) is 0.690. The third-order valence-corrected chi connectivity index (χ3v) is 3.17. The number of rotatable bonds is 3. The lowest BCUT2D eigenvalue weighted by molar-refractivity contribution is 0.252. The number of phenolic OH excluding ortho intramolecular Hbond substituents is 1. The van der Waals surface area contributed by atoms with Crippen molar-refractivity contribution >= 4 is 23.0 Å². The lowest BCUT2D eigenvalue weighted by atomic mass is 10.1. The minimum Gasteiger partial charge on any atom is -0.507 e. The first-order chi connectivity index (χ1) is 11.2. The van der Waals surface area contributed by atoms with Gasteiger partial charge in [-0.1, -0.05) is 12.1 Å². The van der Waals surface area contributed by atoms with E-state index in [2.05, 4.69) is 25.6 Å². The van der Waals surface area contributed by atoms with Gasteiger partial charge in [0.05, 0.1) is 11.9 Å². The molecule has 0 spiro atoms. The number of nitrogens with one attached hydrogen (secondary N) is 2. The van der Waals surface area contributed by atoms with E-state index in [0.717, 1.165) is 0 Å². The first kappa shape index (κ1) is 14.7. The van der Waals surface area contributed by atoms with E-state index >= 15 is 0 Å². The number of urea groups is 1. The van der Waals surface area contributed by atoms with Crippen molar-refractivity contribution in [2.24, 2.45) is 0 Å². The van der Waals surface area contributed by atoms with Gasteiger partial charge in [-0.2, -0.15) is 0 Å². The third-order valence-electron chi connectivity index (χ3n) is 3.17. The normalized spacial score (nSPS) is 10.5. The fraction of sp³-hybridized carbons (Fsp3) is 0.125. The molecule has 3 N–H and O–H groups in total. The summed E-state index contributed by atoms with van der Waals surface area (Å²) in [6.07, 6.45) is 1.58. The molecule has 0 saturated heterocycles. The molecule has 1 aromatic carbocycles. The summed E-state index contributed by atoms with van der Waals surface area (Å²) in [6.45, 7) is 2.36. The van der Waals surface area contributed by atoms with Crippen molar-refractivity contribution in [3.8, 4) is 17.0 Å². The summed E-state index contributed by atoms with van der Waals surface area (Å²) < 4.78 is 0. The van der Waals surface area contributed by atoms with Gasteiger partial charge in [-0.05, 0) is 31.2 Å². The molecule has 0 aliphatic carbocycles. The predicted octanol–water partition coefficient (Wildman–Crippen LogP) is 2.54. The number of para-hydroxylation sites is 1. The van der Waals surface area contributed by atoms with Gasteiger partial charge in [0, 0.05) is 12.1 Å². The summed E-state index contributed by atoms with van der Waals surface area (Å²) in [7, 11) is 0. The van der Waals surface area contributed by atoms with Gasteiger partial charge in [0.15, 0.2) is 5.65 Å². The molecule has 23 heavy (non-hydrogen) atoms. The van der Waals surface area contributed by atoms with Crippen LogP contribution in [-0.2, 0) is 0 Å². The zero-order valence-corrected chi connectivity index (χ0v) is 12.4. The number of carbonyl (C=O) groups is 1. The van der Waals surface area contributed by atoms with Gasteiger partial charge in [0.2, 0.25) is 0 Å². The molecule has 2 heterocycles. The number of hydrogen-bond acceptors (Lipinski definition) is 5. The lowest BCUT2D eigenvalue weighted by Gasteiger charge is -2.07. The number of phenols is 1. The highest BCUT2D eigenvalue weighted by molar-refractivity contribution is 5.89. The maximum absolute atomic E-state index is 11.6. The lowest BCUT2D eigenvalue weighted by Crippen LogP contribution is -2.28. The summed E-state index contributed by atoms with van der Waals surface area (Å²) in [4.78, 5) is 24.5. The van der Waals surface area contributed by atoms with Crippen molar-refractivity contribution in [2.75, 3.05) is 11.9 Å². The Morgan fingerprint density at radius 2 is 2.00 bits per heavy atom. The Morgan fingerprint density at radius 3 is 2.78 bits per heavy atom. The van der Waals surface area contributed by atoms with E-state index < -0.39 is 0 Å². The minimum atomic E-state index is -0.329. The van der Waals surface area contributed by atoms with Gasteiger partial charge in [0.25, 0.3) is 0 Å². The van der Waals surface area contributed by atoms with Gasteiger partial charge in [-0.15, -0.1) is 0 Å². The Balaban J connectivity index is 1.98. The largest absolute Gasteiger partial charge is 0.507 e. The number of aromatic hydroxyl groups is 1. The minimum absolute atomic E-state index is 0.123. The molecule has 7 heteroatoms. The highest BCUT2D eigenvalue weighted by atomic mass is 16.3. The number of carbonyl (C=O) groups excluding carboxylic acids is 1. The molecule has 2 aromatic heterocycles. The predicted molar refractivity (Wildman–Crippen MR) is 87.1 cm³/mol. The Labute approximate surface area is 132 Å². The molecule has 0 fully saturated rings. The molecule has 0 unspecified atom stereocenters. The maximum Gasteiger partial charge on any atom is 0.320 e. The SMILES string of the molecule is CCNC(=O)Nc1ccc2ncc(-c3ccccc3O)nc2n1. The highest BCUT2D eigenvalue weighted by Gasteiger charge is 2.09. The van der Waals surface area contributed by atoms with Crippen LogP contribution < -0.4 is 10.6 Å². The van der Waals surface area contributed by atoms with Crippen LogP contribution >= 0.6 is 0 Å². The van der Waals surface area contributed by atoms with Crippen molar-refractivity contribution in [1.82, 2.24) is 20.3 Å². The van der Waals surface area contributed by atoms with Crippen molar-refractivity contribution in [1.29, 1.82) is 0 Å². The van der Waals surface area contributed by atoms with E-state index in [0.29, 0.717) is 34.8 Å². The smallest absolute Gasteiger partial charge is 0.320 e. The molecule has 0 aliphatic heterocycles. The van der Waals surface area contributed by atoms with Crippen LogP contribution in [0.5, 0.6) is 5.75 Å². The van der Waals surface area contributed by atoms with E-state index in [1.54, 1.807) is 42.6 Å². The average Bonchev–Trinajstić information content (AvgIpc) is 2.55. The third kappa shape index (κ3) is 3.18. The van der Waals surface area contributed by atoms with Gasteiger partial charge >= 0.3 is 6.03 Å². The Morgan fingerprint density at radius 1 is 1.17 bits per heavy atom. The van der Waals surface area contributed by atoms with Gasteiger partial charge in [-0.25, -0.2) is 14.8 Å². The molecule has 0 bridgehead atoms. The molecule has 7 nitrogen and oxygen atoms in total. The number of pyridine rings is 1. The van der Waals surface area contributed by atoms with Crippen LogP contribution in [0.2, 0.25) is 0 Å². The molecule has 3 aromatic rings. The van der Waals surface area contributed by atoms with Gasteiger partial charge < -0.3 is 10.4 Å². The van der Waals surface area contributed by atoms with Crippen LogP contribution in [0.4, 0.5) is 10.6 Å². The molecular weight excluding hydrogens is 294 g/mol. The van der Waals surface area contributed by atoms with Gasteiger partial charge in [-0.3, -0.25) is 10.3 Å². The molecule has 0 radical (unpaired) electrons. The molecule has 0 aliphatic rings. The number of fused-ring (bicyclic) bond motifs is 1. The van der Waals surface area contributed by atoms with E-state index in [1.165, 1.54) is 0 Å². The van der Waals surface area contributed by atoms with Crippen LogP contribution in [0, 0.1) is 0 Å². The van der Waals surface area contributed by atoms with Crippen molar-refractivity contribution in [2.45, 2.75) is 6.92 Å². The zero-order valence-electron chi connectivity index (χ0n) is 12.4. The van der Waals surface area contributed by atoms with Gasteiger partial charge in [0.1, 0.15) is 17.1 Å². The maximum atomic E-state index is 11.6. The first-order valence-electron chi connectivity index (χ1n) is 7.14. The van der Waals surface area contributed by atoms with E-state index in [-0.39, 0.29) is 11.8 Å². The van der Waals surface area contributed by atoms with E-state index in [9.17, 15) is 9.90 Å². The van der Waals surface area contributed by atoms with Crippen LogP contribution in [0.25, 0.3) is 22.4 Å².